The zero-order valence-electron chi connectivity index (χ0n) is 11.0. The van der Waals surface area contributed by atoms with Gasteiger partial charge in [-0.1, -0.05) is 37.3 Å². The Kier molecular flexibility index (Phi) is 4.34. The summed E-state index contributed by atoms with van der Waals surface area (Å²) in [6.07, 6.45) is 6.95. The van der Waals surface area contributed by atoms with Crippen molar-refractivity contribution in [3.63, 3.8) is 0 Å². The van der Waals surface area contributed by atoms with Crippen LogP contribution in [-0.2, 0) is 6.42 Å². The fraction of sp³-hybridized carbons (Fsp3) is 0.333. The zero-order chi connectivity index (χ0) is 13.7. The van der Waals surface area contributed by atoms with Crippen molar-refractivity contribution in [2.24, 2.45) is 0 Å². The van der Waals surface area contributed by atoms with Gasteiger partial charge in [-0.25, -0.2) is 0 Å². The topological polar surface area (TPSA) is 46.4 Å². The third kappa shape index (κ3) is 3.22. The van der Waals surface area contributed by atoms with E-state index < -0.39 is 0 Å². The van der Waals surface area contributed by atoms with E-state index >= 15 is 0 Å². The Labute approximate surface area is 113 Å². The summed E-state index contributed by atoms with van der Waals surface area (Å²) in [4.78, 5) is 12.8. The summed E-state index contributed by atoms with van der Waals surface area (Å²) in [7, 11) is 0. The van der Waals surface area contributed by atoms with Gasteiger partial charge in [0.2, 0.25) is 0 Å². The van der Waals surface area contributed by atoms with Crippen molar-refractivity contribution < 1.29 is 4.92 Å². The predicted octanol–water partition coefficient (Wildman–Crippen LogP) is 3.00. The quantitative estimate of drug-likeness (QED) is 0.602. The summed E-state index contributed by atoms with van der Waals surface area (Å²) < 4.78 is 0. The average molecular weight is 258 g/mol. The minimum Gasteiger partial charge on any atom is -0.364 e. The molecule has 0 aliphatic carbocycles. The summed E-state index contributed by atoms with van der Waals surface area (Å²) in [6, 6.07) is 10.1. The monoisotopic (exact) mass is 258 g/mol. The fourth-order valence-corrected chi connectivity index (χ4v) is 2.40. The molecule has 0 amide bonds. The third-order valence-corrected chi connectivity index (χ3v) is 3.39. The van der Waals surface area contributed by atoms with Crippen molar-refractivity contribution in [2.45, 2.75) is 25.8 Å². The second kappa shape index (κ2) is 6.18. The molecule has 2 rings (SSSR count). The van der Waals surface area contributed by atoms with Crippen LogP contribution in [0.2, 0.25) is 0 Å². The largest absolute Gasteiger partial charge is 0.364 e. The Morgan fingerprint density at radius 2 is 2.05 bits per heavy atom. The second-order valence-corrected chi connectivity index (χ2v) is 4.59. The van der Waals surface area contributed by atoms with Crippen LogP contribution in [0.1, 0.15) is 18.9 Å². The van der Waals surface area contributed by atoms with Gasteiger partial charge in [0.25, 0.3) is 5.70 Å². The molecule has 1 atom stereocenters. The summed E-state index contributed by atoms with van der Waals surface area (Å²) in [5.41, 5.74) is 1.54. The first-order valence-corrected chi connectivity index (χ1v) is 6.54. The molecular weight excluding hydrogens is 240 g/mol. The number of nitrogens with zero attached hydrogens (tertiary/aromatic N) is 2. The molecule has 0 N–H and O–H groups in total. The molecule has 1 aliphatic rings. The van der Waals surface area contributed by atoms with E-state index in [0.717, 1.165) is 19.4 Å². The lowest BCUT2D eigenvalue weighted by atomic mass is 10.1. The van der Waals surface area contributed by atoms with Crippen LogP contribution in [0.15, 0.2) is 54.4 Å². The Bertz CT molecular complexity index is 494. The van der Waals surface area contributed by atoms with E-state index in [2.05, 4.69) is 17.0 Å². The highest BCUT2D eigenvalue weighted by Crippen LogP contribution is 2.20. The first kappa shape index (κ1) is 13.3. The number of allylic oxidation sites excluding steroid dienone is 2. The highest BCUT2D eigenvalue weighted by molar-refractivity contribution is 5.19. The Hall–Kier alpha value is -2.10. The molecule has 0 aromatic heterocycles. The first-order chi connectivity index (χ1) is 9.22. The SMILES string of the molecule is CCC1C([N+](=O)[O-])=CC=CN1CCc1ccccc1. The molecule has 1 aromatic rings. The summed E-state index contributed by atoms with van der Waals surface area (Å²) in [5, 5.41) is 11.0. The van der Waals surface area contributed by atoms with Crippen LogP contribution in [-0.4, -0.2) is 22.4 Å². The maximum absolute atomic E-state index is 11.0. The summed E-state index contributed by atoms with van der Waals surface area (Å²) in [6.45, 7) is 2.78. The number of hydrogen-bond donors (Lipinski definition) is 0. The smallest absolute Gasteiger partial charge is 0.268 e. The van der Waals surface area contributed by atoms with Crippen molar-refractivity contribution in [1.29, 1.82) is 0 Å². The van der Waals surface area contributed by atoms with Gasteiger partial charge < -0.3 is 4.90 Å². The van der Waals surface area contributed by atoms with Crippen LogP contribution in [0.25, 0.3) is 0 Å². The minimum atomic E-state index is -0.271. The van der Waals surface area contributed by atoms with Gasteiger partial charge in [0.1, 0.15) is 6.04 Å². The second-order valence-electron chi connectivity index (χ2n) is 4.59. The van der Waals surface area contributed by atoms with Crippen LogP contribution in [0.4, 0.5) is 0 Å². The number of hydrogen-bond acceptors (Lipinski definition) is 3. The van der Waals surface area contributed by atoms with Gasteiger partial charge in [0, 0.05) is 18.8 Å². The molecule has 0 radical (unpaired) electrons. The average Bonchev–Trinajstić information content (AvgIpc) is 2.45. The van der Waals surface area contributed by atoms with Gasteiger partial charge in [-0.15, -0.1) is 0 Å². The summed E-state index contributed by atoms with van der Waals surface area (Å²) in [5.74, 6) is 0. The van der Waals surface area contributed by atoms with Crippen LogP contribution in [0, 0.1) is 10.1 Å². The van der Waals surface area contributed by atoms with E-state index in [9.17, 15) is 10.1 Å². The van der Waals surface area contributed by atoms with Crippen molar-refractivity contribution in [2.75, 3.05) is 6.54 Å². The molecule has 1 aliphatic heterocycles. The van der Waals surface area contributed by atoms with Crippen LogP contribution < -0.4 is 0 Å². The van der Waals surface area contributed by atoms with Crippen LogP contribution in [0.3, 0.4) is 0 Å². The minimum absolute atomic E-state index is 0.122. The maximum Gasteiger partial charge on any atom is 0.268 e. The predicted molar refractivity (Wildman–Crippen MR) is 75.1 cm³/mol. The third-order valence-electron chi connectivity index (χ3n) is 3.39. The van der Waals surface area contributed by atoms with E-state index in [4.69, 9.17) is 0 Å². The standard InChI is InChI=1S/C15H18N2O2/c1-2-14-15(17(18)19)9-6-11-16(14)12-10-13-7-4-3-5-8-13/h3-9,11,14H,2,10,12H2,1H3. The van der Waals surface area contributed by atoms with Crippen molar-refractivity contribution in [1.82, 2.24) is 4.90 Å². The fourth-order valence-electron chi connectivity index (χ4n) is 2.40. The van der Waals surface area contributed by atoms with Gasteiger partial charge in [-0.05, 0) is 24.5 Å². The van der Waals surface area contributed by atoms with E-state index in [-0.39, 0.29) is 16.7 Å². The van der Waals surface area contributed by atoms with Crippen LogP contribution in [0.5, 0.6) is 0 Å². The molecule has 1 aromatic carbocycles. The molecule has 100 valence electrons. The van der Waals surface area contributed by atoms with E-state index in [1.54, 1.807) is 12.2 Å². The Morgan fingerprint density at radius 3 is 2.68 bits per heavy atom. The number of rotatable bonds is 5. The first-order valence-electron chi connectivity index (χ1n) is 6.54. The number of benzene rings is 1. The van der Waals surface area contributed by atoms with Gasteiger partial charge in [-0.2, -0.15) is 0 Å². The Balaban J connectivity index is 2.02. The van der Waals surface area contributed by atoms with Gasteiger partial charge in [-0.3, -0.25) is 10.1 Å². The molecule has 1 unspecified atom stereocenters. The molecule has 0 spiro atoms. The van der Waals surface area contributed by atoms with E-state index in [1.165, 1.54) is 5.56 Å². The van der Waals surface area contributed by atoms with Gasteiger partial charge in [0.05, 0.1) is 4.92 Å². The molecule has 1 heterocycles. The lowest BCUT2D eigenvalue weighted by molar-refractivity contribution is -0.433. The Morgan fingerprint density at radius 1 is 1.32 bits per heavy atom. The summed E-state index contributed by atoms with van der Waals surface area (Å²) >= 11 is 0. The molecule has 4 nitrogen and oxygen atoms in total. The van der Waals surface area contributed by atoms with E-state index in [1.807, 2.05) is 31.3 Å². The highest BCUT2D eigenvalue weighted by atomic mass is 16.6. The van der Waals surface area contributed by atoms with Crippen molar-refractivity contribution in [3.8, 4) is 0 Å². The van der Waals surface area contributed by atoms with Gasteiger partial charge >= 0.3 is 0 Å². The molecule has 0 bridgehead atoms. The lowest BCUT2D eigenvalue weighted by Gasteiger charge is -2.29. The molecule has 0 fully saturated rings. The normalized spacial score (nSPS) is 18.3. The molecule has 0 saturated carbocycles. The number of nitro groups is 1. The molecule has 4 heteroatoms. The molecular formula is C15H18N2O2. The van der Waals surface area contributed by atoms with Crippen molar-refractivity contribution >= 4 is 0 Å². The molecule has 19 heavy (non-hydrogen) atoms. The van der Waals surface area contributed by atoms with E-state index in [0.29, 0.717) is 0 Å². The lowest BCUT2D eigenvalue weighted by Crippen LogP contribution is -2.37. The highest BCUT2D eigenvalue weighted by Gasteiger charge is 2.28. The molecule has 0 saturated heterocycles. The van der Waals surface area contributed by atoms with Crippen LogP contribution >= 0.6 is 0 Å². The zero-order valence-corrected chi connectivity index (χ0v) is 11.0. The van der Waals surface area contributed by atoms with Crippen molar-refractivity contribution in [3.05, 3.63) is 70.1 Å². The van der Waals surface area contributed by atoms with Gasteiger partial charge in [0.15, 0.2) is 0 Å². The maximum atomic E-state index is 11.0.